The minimum absolute atomic E-state index is 0.0706. The van der Waals surface area contributed by atoms with Gasteiger partial charge >= 0.3 is 0 Å². The summed E-state index contributed by atoms with van der Waals surface area (Å²) in [6.07, 6.45) is 2.95. The third-order valence-electron chi connectivity index (χ3n) is 3.86. The molecule has 0 bridgehead atoms. The van der Waals surface area contributed by atoms with E-state index in [1.54, 1.807) is 6.20 Å². The van der Waals surface area contributed by atoms with Crippen molar-refractivity contribution in [3.05, 3.63) is 30.5 Å². The first kappa shape index (κ1) is 11.4. The zero-order valence-electron chi connectivity index (χ0n) is 10.7. The average Bonchev–Trinajstić information content (AvgIpc) is 2.70. The van der Waals surface area contributed by atoms with Crippen molar-refractivity contribution in [1.82, 2.24) is 10.2 Å². The van der Waals surface area contributed by atoms with Gasteiger partial charge in [0.05, 0.1) is 17.8 Å². The largest absolute Gasteiger partial charge is 0.376 e. The van der Waals surface area contributed by atoms with Crippen LogP contribution < -0.4 is 5.32 Å². The molecular formula is C14H17N3O. The summed E-state index contributed by atoms with van der Waals surface area (Å²) in [5.74, 6) is 0.841. The van der Waals surface area contributed by atoms with Crippen LogP contribution >= 0.6 is 0 Å². The van der Waals surface area contributed by atoms with Crippen molar-refractivity contribution in [2.75, 3.05) is 11.9 Å². The number of rotatable bonds is 2. The molecule has 2 aromatic rings. The Labute approximate surface area is 106 Å². The van der Waals surface area contributed by atoms with Gasteiger partial charge in [-0.15, -0.1) is 5.10 Å². The van der Waals surface area contributed by atoms with Gasteiger partial charge in [0.15, 0.2) is 5.82 Å². The number of nitrogens with zero attached hydrogens (tertiary/aromatic N) is 2. The van der Waals surface area contributed by atoms with E-state index >= 15 is 0 Å². The van der Waals surface area contributed by atoms with E-state index in [2.05, 4.69) is 35.4 Å². The van der Waals surface area contributed by atoms with Crippen LogP contribution in [0, 0.1) is 0 Å². The fourth-order valence-electron chi connectivity index (χ4n) is 2.39. The molecule has 1 saturated heterocycles. The molecule has 4 nitrogen and oxygen atoms in total. The standard InChI is InChI=1S/C14H17N3O/c1-10-14(2,7-8-18-10)16-13-12-6-4-3-5-11(12)9-15-17-13/h3-6,9-10H,7-8H2,1-2H3,(H,16,17). The maximum Gasteiger partial charge on any atom is 0.157 e. The first-order valence-electron chi connectivity index (χ1n) is 6.29. The molecule has 1 aromatic heterocycles. The third kappa shape index (κ3) is 1.82. The number of aromatic nitrogens is 2. The van der Waals surface area contributed by atoms with Crippen molar-refractivity contribution in [3.63, 3.8) is 0 Å². The van der Waals surface area contributed by atoms with Crippen LogP contribution in [0.4, 0.5) is 5.82 Å². The van der Waals surface area contributed by atoms with Crippen LogP contribution in [0.15, 0.2) is 30.5 Å². The van der Waals surface area contributed by atoms with Gasteiger partial charge < -0.3 is 10.1 Å². The van der Waals surface area contributed by atoms with E-state index in [-0.39, 0.29) is 11.6 Å². The molecule has 2 heterocycles. The Bertz CT molecular complexity index is 566. The molecule has 0 radical (unpaired) electrons. The Hall–Kier alpha value is -1.68. The van der Waals surface area contributed by atoms with Gasteiger partial charge in [-0.05, 0) is 20.3 Å². The van der Waals surface area contributed by atoms with E-state index in [0.717, 1.165) is 29.6 Å². The van der Waals surface area contributed by atoms with E-state index in [1.165, 1.54) is 0 Å². The Kier molecular flexibility index (Phi) is 2.67. The van der Waals surface area contributed by atoms with Crippen LogP contribution in [0.25, 0.3) is 10.8 Å². The van der Waals surface area contributed by atoms with Crippen molar-refractivity contribution in [1.29, 1.82) is 0 Å². The maximum absolute atomic E-state index is 5.64. The lowest BCUT2D eigenvalue weighted by atomic mass is 9.94. The van der Waals surface area contributed by atoms with E-state index in [0.29, 0.717) is 0 Å². The van der Waals surface area contributed by atoms with E-state index < -0.39 is 0 Å². The fraction of sp³-hybridized carbons (Fsp3) is 0.429. The summed E-state index contributed by atoms with van der Waals surface area (Å²) in [7, 11) is 0. The van der Waals surface area contributed by atoms with Crippen LogP contribution in [0.2, 0.25) is 0 Å². The third-order valence-corrected chi connectivity index (χ3v) is 3.86. The number of fused-ring (bicyclic) bond motifs is 1. The van der Waals surface area contributed by atoms with Gasteiger partial charge in [0, 0.05) is 17.4 Å². The van der Waals surface area contributed by atoms with Crippen molar-refractivity contribution in [3.8, 4) is 0 Å². The van der Waals surface area contributed by atoms with Crippen molar-refractivity contribution < 1.29 is 4.74 Å². The highest BCUT2D eigenvalue weighted by Crippen LogP contribution is 2.31. The summed E-state index contributed by atoms with van der Waals surface area (Å²) in [6.45, 7) is 5.07. The molecule has 2 unspecified atom stereocenters. The predicted molar refractivity (Wildman–Crippen MR) is 71.6 cm³/mol. The Morgan fingerprint density at radius 2 is 2.22 bits per heavy atom. The molecule has 0 spiro atoms. The number of hydrogen-bond donors (Lipinski definition) is 1. The molecule has 4 heteroatoms. The van der Waals surface area contributed by atoms with Crippen LogP contribution in [-0.4, -0.2) is 28.4 Å². The maximum atomic E-state index is 5.64. The normalized spacial score (nSPS) is 27.6. The fourth-order valence-corrected chi connectivity index (χ4v) is 2.39. The topological polar surface area (TPSA) is 47.0 Å². The molecule has 1 aromatic carbocycles. The van der Waals surface area contributed by atoms with Crippen LogP contribution in [0.5, 0.6) is 0 Å². The predicted octanol–water partition coefficient (Wildman–Crippen LogP) is 2.61. The molecular weight excluding hydrogens is 226 g/mol. The smallest absolute Gasteiger partial charge is 0.157 e. The zero-order valence-corrected chi connectivity index (χ0v) is 10.7. The lowest BCUT2D eigenvalue weighted by Gasteiger charge is -2.29. The van der Waals surface area contributed by atoms with Crippen LogP contribution in [0.1, 0.15) is 20.3 Å². The quantitative estimate of drug-likeness (QED) is 0.880. The Morgan fingerprint density at radius 3 is 3.00 bits per heavy atom. The monoisotopic (exact) mass is 243 g/mol. The molecule has 3 rings (SSSR count). The number of nitrogens with one attached hydrogen (secondary N) is 1. The Morgan fingerprint density at radius 1 is 1.39 bits per heavy atom. The molecule has 94 valence electrons. The lowest BCUT2D eigenvalue weighted by molar-refractivity contribution is 0.105. The van der Waals surface area contributed by atoms with Gasteiger partial charge in [0.1, 0.15) is 0 Å². The highest BCUT2D eigenvalue weighted by Gasteiger charge is 2.37. The van der Waals surface area contributed by atoms with Gasteiger partial charge in [0.2, 0.25) is 0 Å². The van der Waals surface area contributed by atoms with Crippen LogP contribution in [-0.2, 0) is 4.74 Å². The molecule has 0 aliphatic carbocycles. The highest BCUT2D eigenvalue weighted by atomic mass is 16.5. The second kappa shape index (κ2) is 4.21. The summed E-state index contributed by atoms with van der Waals surface area (Å²) >= 11 is 0. The van der Waals surface area contributed by atoms with Crippen LogP contribution in [0.3, 0.4) is 0 Å². The number of hydrogen-bond acceptors (Lipinski definition) is 4. The molecule has 1 fully saturated rings. The van der Waals surface area contributed by atoms with Crippen molar-refractivity contribution >= 4 is 16.6 Å². The van der Waals surface area contributed by atoms with Gasteiger partial charge in [-0.3, -0.25) is 0 Å². The van der Waals surface area contributed by atoms with E-state index in [4.69, 9.17) is 4.74 Å². The lowest BCUT2D eigenvalue weighted by Crippen LogP contribution is -2.41. The van der Waals surface area contributed by atoms with Gasteiger partial charge in [-0.2, -0.15) is 5.10 Å². The number of ether oxygens (including phenoxy) is 1. The first-order valence-corrected chi connectivity index (χ1v) is 6.29. The highest BCUT2D eigenvalue weighted by molar-refractivity contribution is 5.91. The summed E-state index contributed by atoms with van der Waals surface area (Å²) in [5.41, 5.74) is -0.0706. The van der Waals surface area contributed by atoms with Gasteiger partial charge in [-0.25, -0.2) is 0 Å². The molecule has 1 aliphatic rings. The minimum Gasteiger partial charge on any atom is -0.376 e. The first-order chi connectivity index (χ1) is 8.69. The van der Waals surface area contributed by atoms with E-state index in [1.807, 2.05) is 18.2 Å². The minimum atomic E-state index is -0.0706. The molecule has 0 saturated carbocycles. The second-order valence-corrected chi connectivity index (χ2v) is 5.09. The van der Waals surface area contributed by atoms with Crippen molar-refractivity contribution in [2.24, 2.45) is 0 Å². The number of benzene rings is 1. The van der Waals surface area contributed by atoms with Gasteiger partial charge in [-0.1, -0.05) is 24.3 Å². The van der Waals surface area contributed by atoms with E-state index in [9.17, 15) is 0 Å². The molecule has 2 atom stereocenters. The number of anilines is 1. The second-order valence-electron chi connectivity index (χ2n) is 5.09. The molecule has 1 aliphatic heterocycles. The Balaban J connectivity index is 2.00. The van der Waals surface area contributed by atoms with Gasteiger partial charge in [0.25, 0.3) is 0 Å². The summed E-state index contributed by atoms with van der Waals surface area (Å²) in [4.78, 5) is 0. The summed E-state index contributed by atoms with van der Waals surface area (Å²) < 4.78 is 5.64. The molecule has 18 heavy (non-hydrogen) atoms. The zero-order chi connectivity index (χ0) is 12.6. The molecule has 1 N–H and O–H groups in total. The average molecular weight is 243 g/mol. The summed E-state index contributed by atoms with van der Waals surface area (Å²) in [6, 6.07) is 8.14. The van der Waals surface area contributed by atoms with Crippen molar-refractivity contribution in [2.45, 2.75) is 31.9 Å². The molecule has 0 amide bonds. The summed E-state index contributed by atoms with van der Waals surface area (Å²) in [5, 5.41) is 14.0. The SMILES string of the molecule is CC1OCCC1(C)Nc1nncc2ccccc12.